The molecule has 0 aliphatic carbocycles. The van der Waals surface area contributed by atoms with Crippen LogP contribution in [0.15, 0.2) is 42.1 Å². The zero-order valence-corrected chi connectivity index (χ0v) is 7.71. The maximum absolute atomic E-state index is 5.00. The second-order valence-electron chi connectivity index (χ2n) is 2.49. The molecule has 0 aromatic carbocycles. The van der Waals surface area contributed by atoms with Gasteiger partial charge in [-0.1, -0.05) is 36.5 Å². The summed E-state index contributed by atoms with van der Waals surface area (Å²) in [5.41, 5.74) is 1.87. The van der Waals surface area contributed by atoms with E-state index in [0.29, 0.717) is 6.61 Å². The van der Waals surface area contributed by atoms with E-state index >= 15 is 0 Å². The predicted molar refractivity (Wildman–Crippen MR) is 53.2 cm³/mol. The molecule has 0 atom stereocenters. The topological polar surface area (TPSA) is 21.6 Å². The van der Waals surface area contributed by atoms with Gasteiger partial charge in [-0.3, -0.25) is 0 Å². The molecule has 0 saturated carbocycles. The molecular weight excluding hydrogens is 150 g/mol. The smallest absolute Gasteiger partial charge is 0.142 e. The van der Waals surface area contributed by atoms with Crippen LogP contribution in [0.2, 0.25) is 0 Å². The van der Waals surface area contributed by atoms with Crippen molar-refractivity contribution in [2.75, 3.05) is 6.61 Å². The first-order valence-corrected chi connectivity index (χ1v) is 3.78. The van der Waals surface area contributed by atoms with Gasteiger partial charge in [0.1, 0.15) is 6.61 Å². The number of allylic oxidation sites excluding steroid dienone is 2. The van der Waals surface area contributed by atoms with Crippen LogP contribution < -0.4 is 0 Å². The minimum absolute atomic E-state index is 0.445. The Morgan fingerprint density at radius 3 is 2.50 bits per heavy atom. The van der Waals surface area contributed by atoms with Crippen molar-refractivity contribution < 1.29 is 4.84 Å². The predicted octanol–water partition coefficient (Wildman–Crippen LogP) is 2.70. The third kappa shape index (κ3) is 5.47. The molecule has 0 aromatic rings. The van der Waals surface area contributed by atoms with Gasteiger partial charge in [0.05, 0.1) is 5.71 Å². The lowest BCUT2D eigenvalue weighted by atomic mass is 10.2. The van der Waals surface area contributed by atoms with Crippen molar-refractivity contribution in [2.45, 2.75) is 13.8 Å². The molecule has 0 N–H and O–H groups in total. The highest BCUT2D eigenvalue weighted by Crippen LogP contribution is 1.97. The minimum Gasteiger partial charge on any atom is -0.391 e. The van der Waals surface area contributed by atoms with E-state index in [4.69, 9.17) is 4.84 Å². The van der Waals surface area contributed by atoms with Crippen LogP contribution in [0, 0.1) is 0 Å². The van der Waals surface area contributed by atoms with Gasteiger partial charge < -0.3 is 4.84 Å². The van der Waals surface area contributed by atoms with Crippen molar-refractivity contribution in [3.05, 3.63) is 37.0 Å². The standard InChI is InChI=1S/C10H15NO/c1-5-7-10(6-2)8-12-11-9(3)4/h5-7H,1-2,8H2,3-4H3/b10-7+. The molecule has 0 rings (SSSR count). The molecule has 66 valence electrons. The molecule has 2 nitrogen and oxygen atoms in total. The Morgan fingerprint density at radius 2 is 2.08 bits per heavy atom. The molecule has 0 spiro atoms. The van der Waals surface area contributed by atoms with Crippen LogP contribution in [-0.4, -0.2) is 12.3 Å². The lowest BCUT2D eigenvalue weighted by Gasteiger charge is -1.99. The van der Waals surface area contributed by atoms with Crippen molar-refractivity contribution in [3.8, 4) is 0 Å². The van der Waals surface area contributed by atoms with Gasteiger partial charge in [-0.2, -0.15) is 0 Å². The molecule has 0 radical (unpaired) electrons. The second kappa shape index (κ2) is 6.40. The van der Waals surface area contributed by atoms with Gasteiger partial charge in [-0.25, -0.2) is 0 Å². The van der Waals surface area contributed by atoms with Gasteiger partial charge in [-0.15, -0.1) is 0 Å². The molecule has 0 bridgehead atoms. The van der Waals surface area contributed by atoms with Gasteiger partial charge in [0.25, 0.3) is 0 Å². The summed E-state index contributed by atoms with van der Waals surface area (Å²) in [6.07, 6.45) is 5.26. The molecule has 0 aliphatic heterocycles. The van der Waals surface area contributed by atoms with Crippen molar-refractivity contribution in [1.82, 2.24) is 0 Å². The van der Waals surface area contributed by atoms with E-state index in [1.54, 1.807) is 12.2 Å². The zero-order valence-electron chi connectivity index (χ0n) is 7.71. The van der Waals surface area contributed by atoms with Gasteiger partial charge in [0.15, 0.2) is 0 Å². The summed E-state index contributed by atoms with van der Waals surface area (Å²) >= 11 is 0. The van der Waals surface area contributed by atoms with Crippen LogP contribution in [0.4, 0.5) is 0 Å². The van der Waals surface area contributed by atoms with Crippen LogP contribution in [0.5, 0.6) is 0 Å². The largest absolute Gasteiger partial charge is 0.391 e. The highest BCUT2D eigenvalue weighted by Gasteiger charge is 1.89. The van der Waals surface area contributed by atoms with Gasteiger partial charge >= 0.3 is 0 Å². The van der Waals surface area contributed by atoms with Gasteiger partial charge in [0.2, 0.25) is 0 Å². The number of nitrogens with zero attached hydrogens (tertiary/aromatic N) is 1. The zero-order chi connectivity index (χ0) is 9.40. The van der Waals surface area contributed by atoms with E-state index in [9.17, 15) is 0 Å². The van der Waals surface area contributed by atoms with Crippen molar-refractivity contribution >= 4 is 5.71 Å². The first kappa shape index (κ1) is 10.7. The first-order valence-electron chi connectivity index (χ1n) is 3.78. The molecule has 0 amide bonds. The van der Waals surface area contributed by atoms with Crippen LogP contribution in [0.1, 0.15) is 13.8 Å². The highest BCUT2D eigenvalue weighted by molar-refractivity contribution is 5.78. The van der Waals surface area contributed by atoms with Crippen LogP contribution in [0.25, 0.3) is 0 Å². The monoisotopic (exact) mass is 165 g/mol. The molecule has 0 fully saturated rings. The lowest BCUT2D eigenvalue weighted by Crippen LogP contribution is -1.92. The molecule has 0 heterocycles. The molecular formula is C10H15NO. The summed E-state index contributed by atoms with van der Waals surface area (Å²) in [6, 6.07) is 0. The minimum atomic E-state index is 0.445. The number of oxime groups is 1. The van der Waals surface area contributed by atoms with E-state index in [0.717, 1.165) is 11.3 Å². The Kier molecular flexibility index (Phi) is 5.70. The quantitative estimate of drug-likeness (QED) is 0.348. The fraction of sp³-hybridized carbons (Fsp3) is 0.300. The molecule has 0 aromatic heterocycles. The average molecular weight is 165 g/mol. The summed E-state index contributed by atoms with van der Waals surface area (Å²) in [4.78, 5) is 5.00. The maximum atomic E-state index is 5.00. The Bertz CT molecular complexity index is 210. The van der Waals surface area contributed by atoms with Crippen LogP contribution >= 0.6 is 0 Å². The number of hydrogen-bond acceptors (Lipinski definition) is 2. The average Bonchev–Trinajstić information content (AvgIpc) is 2.02. The normalized spacial score (nSPS) is 10.3. The van der Waals surface area contributed by atoms with Crippen molar-refractivity contribution in [2.24, 2.45) is 5.16 Å². The van der Waals surface area contributed by atoms with Crippen molar-refractivity contribution in [1.29, 1.82) is 0 Å². The summed E-state index contributed by atoms with van der Waals surface area (Å²) in [5.74, 6) is 0. The fourth-order valence-corrected chi connectivity index (χ4v) is 0.562. The van der Waals surface area contributed by atoms with E-state index in [1.165, 1.54) is 0 Å². The molecule has 12 heavy (non-hydrogen) atoms. The van der Waals surface area contributed by atoms with E-state index < -0.39 is 0 Å². The Morgan fingerprint density at radius 1 is 1.42 bits per heavy atom. The van der Waals surface area contributed by atoms with Crippen molar-refractivity contribution in [3.63, 3.8) is 0 Å². The molecule has 0 saturated heterocycles. The summed E-state index contributed by atoms with van der Waals surface area (Å²) in [5, 5.41) is 3.79. The second-order valence-corrected chi connectivity index (χ2v) is 2.49. The number of hydrogen-bond donors (Lipinski definition) is 0. The third-order valence-corrected chi connectivity index (χ3v) is 1.07. The van der Waals surface area contributed by atoms with Crippen LogP contribution in [0.3, 0.4) is 0 Å². The molecule has 0 aliphatic rings. The van der Waals surface area contributed by atoms with E-state index in [-0.39, 0.29) is 0 Å². The number of rotatable bonds is 5. The van der Waals surface area contributed by atoms with Gasteiger partial charge in [-0.05, 0) is 19.4 Å². The maximum Gasteiger partial charge on any atom is 0.142 e. The SMILES string of the molecule is C=C/C=C(\C=C)CON=C(C)C. The van der Waals surface area contributed by atoms with Gasteiger partial charge in [0, 0.05) is 0 Å². The van der Waals surface area contributed by atoms with E-state index in [1.807, 2.05) is 19.9 Å². The summed E-state index contributed by atoms with van der Waals surface area (Å²) in [7, 11) is 0. The third-order valence-electron chi connectivity index (χ3n) is 1.07. The van der Waals surface area contributed by atoms with E-state index in [2.05, 4.69) is 18.3 Å². The summed E-state index contributed by atoms with van der Waals surface area (Å²) in [6.45, 7) is 11.4. The first-order chi connectivity index (χ1) is 5.70. The Labute approximate surface area is 73.9 Å². The Balaban J connectivity index is 3.89. The fourth-order valence-electron chi connectivity index (χ4n) is 0.562. The lowest BCUT2D eigenvalue weighted by molar-refractivity contribution is 0.169. The van der Waals surface area contributed by atoms with Crippen LogP contribution in [-0.2, 0) is 4.84 Å². The Hall–Kier alpha value is -1.31. The summed E-state index contributed by atoms with van der Waals surface area (Å²) < 4.78 is 0. The highest BCUT2D eigenvalue weighted by atomic mass is 16.6. The molecule has 2 heteroatoms. The molecule has 0 unspecified atom stereocenters.